The van der Waals surface area contributed by atoms with Crippen molar-refractivity contribution < 1.29 is 5.11 Å². The van der Waals surface area contributed by atoms with Gasteiger partial charge in [0.1, 0.15) is 0 Å². The Bertz CT molecular complexity index is 247. The molecule has 0 radical (unpaired) electrons. The topological polar surface area (TPSA) is 33.1 Å². The zero-order chi connectivity index (χ0) is 9.10. The molecule has 72 valence electrons. The summed E-state index contributed by atoms with van der Waals surface area (Å²) in [7, 11) is 0. The van der Waals surface area contributed by atoms with Gasteiger partial charge >= 0.3 is 0 Å². The van der Waals surface area contributed by atoms with E-state index < -0.39 is 0 Å². The van der Waals surface area contributed by atoms with E-state index in [1.54, 1.807) is 0 Å². The van der Waals surface area contributed by atoms with Crippen LogP contribution in [0.15, 0.2) is 12.3 Å². The summed E-state index contributed by atoms with van der Waals surface area (Å²) in [6.07, 6.45) is 7.48. The maximum absolute atomic E-state index is 9.90. The Morgan fingerprint density at radius 3 is 2.92 bits per heavy atom. The van der Waals surface area contributed by atoms with Gasteiger partial charge in [-0.3, -0.25) is 0 Å². The highest BCUT2D eigenvalue weighted by molar-refractivity contribution is 7.05. The van der Waals surface area contributed by atoms with Crippen LogP contribution in [-0.2, 0) is 0 Å². The number of nitrogens with zero attached hydrogens (tertiary/aromatic N) is 1. The molecular formula is C10H15NOS. The Morgan fingerprint density at radius 2 is 2.15 bits per heavy atom. The van der Waals surface area contributed by atoms with E-state index in [4.69, 9.17) is 0 Å². The molecule has 2 rings (SSSR count). The Morgan fingerprint density at radius 1 is 1.31 bits per heavy atom. The molecule has 2 nitrogen and oxygen atoms in total. The van der Waals surface area contributed by atoms with Gasteiger partial charge in [-0.2, -0.15) is 0 Å². The Hall–Kier alpha value is -0.410. The molecule has 0 aliphatic heterocycles. The molecule has 13 heavy (non-hydrogen) atoms. The van der Waals surface area contributed by atoms with Gasteiger partial charge < -0.3 is 5.11 Å². The summed E-state index contributed by atoms with van der Waals surface area (Å²) in [6.45, 7) is 0. The van der Waals surface area contributed by atoms with Gasteiger partial charge in [-0.05, 0) is 30.4 Å². The van der Waals surface area contributed by atoms with Crippen LogP contribution in [0.3, 0.4) is 0 Å². The highest BCUT2D eigenvalue weighted by Gasteiger charge is 2.23. The summed E-state index contributed by atoms with van der Waals surface area (Å²) < 4.78 is 4.09. The molecule has 1 fully saturated rings. The van der Waals surface area contributed by atoms with Crippen molar-refractivity contribution >= 4 is 11.5 Å². The molecular weight excluding hydrogens is 182 g/mol. The van der Waals surface area contributed by atoms with Crippen molar-refractivity contribution in [1.82, 2.24) is 4.37 Å². The number of hydrogen-bond acceptors (Lipinski definition) is 3. The number of aromatic nitrogens is 1. The quantitative estimate of drug-likeness (QED) is 0.702. The summed E-state index contributed by atoms with van der Waals surface area (Å²) in [5, 5.41) is 9.90. The fourth-order valence-corrected chi connectivity index (χ4v) is 2.81. The van der Waals surface area contributed by atoms with E-state index in [0.29, 0.717) is 5.92 Å². The normalized spacial score (nSPS) is 29.9. The van der Waals surface area contributed by atoms with Crippen molar-refractivity contribution in [1.29, 1.82) is 0 Å². The Kier molecular flexibility index (Phi) is 2.96. The maximum Gasteiger partial charge on any atom is 0.0617 e. The van der Waals surface area contributed by atoms with E-state index >= 15 is 0 Å². The third kappa shape index (κ3) is 2.09. The summed E-state index contributed by atoms with van der Waals surface area (Å²) in [4.78, 5) is 1.26. The lowest BCUT2D eigenvalue weighted by Crippen LogP contribution is -2.15. The highest BCUT2D eigenvalue weighted by atomic mass is 32.1. The van der Waals surface area contributed by atoms with Crippen LogP contribution in [0.1, 0.15) is 42.9 Å². The molecule has 1 aliphatic carbocycles. The van der Waals surface area contributed by atoms with Crippen LogP contribution in [-0.4, -0.2) is 15.6 Å². The minimum atomic E-state index is -0.136. The molecule has 0 bridgehead atoms. The van der Waals surface area contributed by atoms with Crippen LogP contribution in [0.4, 0.5) is 0 Å². The molecule has 0 unspecified atom stereocenters. The van der Waals surface area contributed by atoms with Gasteiger partial charge in [0.05, 0.1) is 6.10 Å². The second kappa shape index (κ2) is 4.20. The van der Waals surface area contributed by atoms with Gasteiger partial charge in [0.15, 0.2) is 0 Å². The first-order valence-corrected chi connectivity index (χ1v) is 5.74. The van der Waals surface area contributed by atoms with E-state index in [9.17, 15) is 5.11 Å². The third-order valence-corrected chi connectivity index (χ3v) is 3.68. The van der Waals surface area contributed by atoms with Gasteiger partial charge in [-0.25, -0.2) is 4.37 Å². The van der Waals surface area contributed by atoms with Crippen molar-refractivity contribution in [2.75, 3.05) is 0 Å². The fourth-order valence-electron chi connectivity index (χ4n) is 2.04. The van der Waals surface area contributed by atoms with Crippen LogP contribution in [0.5, 0.6) is 0 Å². The molecule has 0 spiro atoms. The molecule has 1 aliphatic rings. The molecule has 1 heterocycles. The predicted molar refractivity (Wildman–Crippen MR) is 53.9 cm³/mol. The number of rotatable bonds is 1. The van der Waals surface area contributed by atoms with Gasteiger partial charge in [-0.1, -0.05) is 19.3 Å². The van der Waals surface area contributed by atoms with Crippen LogP contribution in [0.25, 0.3) is 0 Å². The summed E-state index contributed by atoms with van der Waals surface area (Å²) in [5.41, 5.74) is 0. The molecule has 0 amide bonds. The molecule has 1 saturated carbocycles. The van der Waals surface area contributed by atoms with Crippen LogP contribution >= 0.6 is 11.5 Å². The molecule has 1 N–H and O–H groups in total. The molecule has 1 aromatic heterocycles. The largest absolute Gasteiger partial charge is 0.392 e. The fraction of sp³-hybridized carbons (Fsp3) is 0.700. The average molecular weight is 197 g/mol. The van der Waals surface area contributed by atoms with Crippen molar-refractivity contribution in [3.05, 3.63) is 17.1 Å². The minimum Gasteiger partial charge on any atom is -0.392 e. The first kappa shape index (κ1) is 9.16. The van der Waals surface area contributed by atoms with E-state index in [1.807, 2.05) is 12.3 Å². The minimum absolute atomic E-state index is 0.136. The second-order valence-corrected chi connectivity index (χ2v) is 4.59. The first-order chi connectivity index (χ1) is 6.38. The van der Waals surface area contributed by atoms with Gasteiger partial charge in [0.2, 0.25) is 0 Å². The Balaban J connectivity index is 2.11. The summed E-state index contributed by atoms with van der Waals surface area (Å²) >= 11 is 1.53. The standard InChI is InChI=1S/C10H15NOS/c12-9-5-3-1-2-4-8(9)10-6-7-11-13-10/h6-9,12H,1-5H2/t8-,9-/m1/s1. The lowest BCUT2D eigenvalue weighted by Gasteiger charge is -2.17. The molecule has 2 atom stereocenters. The van der Waals surface area contributed by atoms with Crippen LogP contribution in [0, 0.1) is 0 Å². The SMILES string of the molecule is O[C@@H]1CCCCC[C@H]1c1ccns1. The number of aliphatic hydroxyl groups excluding tert-OH is 1. The predicted octanol–water partition coefficient (Wildman–Crippen LogP) is 2.55. The van der Waals surface area contributed by atoms with Gasteiger partial charge in [0.25, 0.3) is 0 Å². The van der Waals surface area contributed by atoms with Gasteiger partial charge in [-0.15, -0.1) is 0 Å². The van der Waals surface area contributed by atoms with Crippen molar-refractivity contribution in [2.24, 2.45) is 0 Å². The van der Waals surface area contributed by atoms with Gasteiger partial charge in [0, 0.05) is 17.0 Å². The maximum atomic E-state index is 9.90. The molecule has 0 aromatic carbocycles. The molecule has 1 aromatic rings. The van der Waals surface area contributed by atoms with E-state index in [-0.39, 0.29) is 6.10 Å². The highest BCUT2D eigenvalue weighted by Crippen LogP contribution is 2.33. The van der Waals surface area contributed by atoms with E-state index in [1.165, 1.54) is 35.7 Å². The summed E-state index contributed by atoms with van der Waals surface area (Å²) in [6, 6.07) is 2.05. The van der Waals surface area contributed by atoms with Crippen molar-refractivity contribution in [3.8, 4) is 0 Å². The summed E-state index contributed by atoms with van der Waals surface area (Å²) in [5.74, 6) is 0.356. The van der Waals surface area contributed by atoms with Crippen LogP contribution < -0.4 is 0 Å². The van der Waals surface area contributed by atoms with Crippen LogP contribution in [0.2, 0.25) is 0 Å². The van der Waals surface area contributed by atoms with E-state index in [0.717, 1.165) is 12.8 Å². The third-order valence-electron chi connectivity index (χ3n) is 2.80. The van der Waals surface area contributed by atoms with Crippen molar-refractivity contribution in [2.45, 2.75) is 44.1 Å². The van der Waals surface area contributed by atoms with Crippen molar-refractivity contribution in [3.63, 3.8) is 0 Å². The lowest BCUT2D eigenvalue weighted by atomic mass is 9.96. The Labute approximate surface area is 82.8 Å². The first-order valence-electron chi connectivity index (χ1n) is 4.96. The number of hydrogen-bond donors (Lipinski definition) is 1. The lowest BCUT2D eigenvalue weighted by molar-refractivity contribution is 0.136. The second-order valence-electron chi connectivity index (χ2n) is 3.73. The average Bonchev–Trinajstić information content (AvgIpc) is 2.56. The monoisotopic (exact) mass is 197 g/mol. The van der Waals surface area contributed by atoms with E-state index in [2.05, 4.69) is 4.37 Å². The molecule has 0 saturated heterocycles. The zero-order valence-corrected chi connectivity index (χ0v) is 8.46. The number of aliphatic hydroxyl groups is 1. The molecule has 3 heteroatoms. The zero-order valence-electron chi connectivity index (χ0n) is 7.65. The smallest absolute Gasteiger partial charge is 0.0617 e.